The van der Waals surface area contributed by atoms with E-state index in [-0.39, 0.29) is 12.5 Å². The zero-order chi connectivity index (χ0) is 17.9. The molecule has 0 atom stereocenters. The zero-order valence-electron chi connectivity index (χ0n) is 12.9. The summed E-state index contributed by atoms with van der Waals surface area (Å²) in [5.41, 5.74) is 0.516. The van der Waals surface area contributed by atoms with Crippen molar-refractivity contribution < 1.29 is 18.0 Å². The Balaban J connectivity index is 1.49. The summed E-state index contributed by atoms with van der Waals surface area (Å²) in [4.78, 5) is 15.7. The Kier molecular flexibility index (Phi) is 5.08. The molecule has 3 rings (SSSR count). The van der Waals surface area contributed by atoms with Gasteiger partial charge in [0.25, 0.3) is 0 Å². The van der Waals surface area contributed by atoms with E-state index in [4.69, 9.17) is 0 Å². The average Bonchev–Trinajstić information content (AvgIpc) is 3.08. The minimum atomic E-state index is -4.50. The molecule has 12 heteroatoms. The fourth-order valence-electron chi connectivity index (χ4n) is 2.37. The molecular formula is C13H14F3N7OS. The number of nitrogens with zero attached hydrogens (tertiary/aromatic N) is 6. The fraction of sp³-hybridized carbons (Fsp3) is 0.462. The van der Waals surface area contributed by atoms with Gasteiger partial charge in [-0.25, -0.2) is 0 Å². The Hall–Kier alpha value is -2.34. The Morgan fingerprint density at radius 1 is 1.16 bits per heavy atom. The van der Waals surface area contributed by atoms with Crippen LogP contribution < -0.4 is 10.2 Å². The van der Waals surface area contributed by atoms with Crippen LogP contribution in [-0.2, 0) is 11.0 Å². The molecule has 0 aliphatic carbocycles. The number of carbonyl (C=O) groups excluding carboxylic acids is 1. The van der Waals surface area contributed by atoms with E-state index in [1.807, 2.05) is 9.80 Å². The van der Waals surface area contributed by atoms with Crippen LogP contribution in [0.2, 0.25) is 0 Å². The maximum atomic E-state index is 12.5. The number of halogens is 3. The van der Waals surface area contributed by atoms with Crippen LogP contribution >= 0.6 is 11.3 Å². The molecule has 0 radical (unpaired) electrons. The van der Waals surface area contributed by atoms with Gasteiger partial charge < -0.3 is 4.90 Å². The molecule has 0 saturated carbocycles. The lowest BCUT2D eigenvalue weighted by Crippen LogP contribution is -2.49. The molecule has 1 fully saturated rings. The predicted molar refractivity (Wildman–Crippen MR) is 84.2 cm³/mol. The summed E-state index contributed by atoms with van der Waals surface area (Å²) in [6, 6.07) is 2.23. The summed E-state index contributed by atoms with van der Waals surface area (Å²) < 4.78 is 37.5. The van der Waals surface area contributed by atoms with Crippen LogP contribution in [-0.4, -0.2) is 63.9 Å². The molecule has 0 bridgehead atoms. The normalized spacial score (nSPS) is 16.0. The summed E-state index contributed by atoms with van der Waals surface area (Å²) in [6.45, 7) is 2.49. The van der Waals surface area contributed by atoms with E-state index in [2.05, 4.69) is 25.7 Å². The van der Waals surface area contributed by atoms with Crippen molar-refractivity contribution in [2.45, 2.75) is 6.18 Å². The summed E-state index contributed by atoms with van der Waals surface area (Å²) in [5, 5.41) is 17.4. The summed E-state index contributed by atoms with van der Waals surface area (Å²) in [7, 11) is 0. The van der Waals surface area contributed by atoms with Crippen molar-refractivity contribution >= 4 is 28.2 Å². The Labute approximate surface area is 144 Å². The standard InChI is InChI=1S/C13H14F3N7OS/c14-13(15,16)9-1-2-10(20-19-9)23-5-3-22(4-6-23)7-11(24)18-12-21-17-8-25-12/h1-2,8H,3-7H2,(H,18,21,24). The second-order valence-corrected chi connectivity index (χ2v) is 6.16. The van der Waals surface area contributed by atoms with Crippen molar-refractivity contribution in [1.82, 2.24) is 25.3 Å². The van der Waals surface area contributed by atoms with Crippen molar-refractivity contribution in [3.05, 3.63) is 23.3 Å². The maximum Gasteiger partial charge on any atom is 0.435 e. The first kappa shape index (κ1) is 17.5. The molecule has 1 N–H and O–H groups in total. The van der Waals surface area contributed by atoms with Crippen molar-refractivity contribution in [3.63, 3.8) is 0 Å². The first-order chi connectivity index (χ1) is 11.9. The Morgan fingerprint density at radius 3 is 2.48 bits per heavy atom. The summed E-state index contributed by atoms with van der Waals surface area (Å²) >= 11 is 1.24. The van der Waals surface area contributed by atoms with Gasteiger partial charge in [-0.05, 0) is 12.1 Å². The van der Waals surface area contributed by atoms with Crippen molar-refractivity contribution in [3.8, 4) is 0 Å². The number of hydrogen-bond acceptors (Lipinski definition) is 8. The molecule has 2 aromatic rings. The first-order valence-corrected chi connectivity index (χ1v) is 8.24. The lowest BCUT2D eigenvalue weighted by atomic mass is 10.3. The highest BCUT2D eigenvalue weighted by Crippen LogP contribution is 2.27. The lowest BCUT2D eigenvalue weighted by molar-refractivity contribution is -0.141. The van der Waals surface area contributed by atoms with Gasteiger partial charge in [-0.1, -0.05) is 11.3 Å². The number of carbonyl (C=O) groups is 1. The van der Waals surface area contributed by atoms with Gasteiger partial charge in [0.2, 0.25) is 11.0 Å². The van der Waals surface area contributed by atoms with Gasteiger partial charge in [0.15, 0.2) is 11.5 Å². The third kappa shape index (κ3) is 4.60. The van der Waals surface area contributed by atoms with Crippen molar-refractivity contribution in [1.29, 1.82) is 0 Å². The number of aromatic nitrogens is 4. The minimum Gasteiger partial charge on any atom is -0.353 e. The molecule has 0 aromatic carbocycles. The second-order valence-electron chi connectivity index (χ2n) is 5.33. The third-order valence-corrected chi connectivity index (χ3v) is 4.22. The highest BCUT2D eigenvalue weighted by Gasteiger charge is 2.33. The van der Waals surface area contributed by atoms with E-state index in [1.54, 1.807) is 0 Å². The molecular weight excluding hydrogens is 359 g/mol. The van der Waals surface area contributed by atoms with E-state index >= 15 is 0 Å². The van der Waals surface area contributed by atoms with Gasteiger partial charge in [0, 0.05) is 26.2 Å². The maximum absolute atomic E-state index is 12.5. The molecule has 2 aromatic heterocycles. The van der Waals surface area contributed by atoms with E-state index in [0.29, 0.717) is 37.1 Å². The average molecular weight is 373 g/mol. The highest BCUT2D eigenvalue weighted by atomic mass is 32.1. The SMILES string of the molecule is O=C(CN1CCN(c2ccc(C(F)(F)F)nn2)CC1)Nc1nncs1. The van der Waals surface area contributed by atoms with Gasteiger partial charge in [-0.15, -0.1) is 20.4 Å². The number of piperazine rings is 1. The number of amides is 1. The van der Waals surface area contributed by atoms with Gasteiger partial charge >= 0.3 is 6.18 Å². The van der Waals surface area contributed by atoms with Crippen LogP contribution in [0, 0.1) is 0 Å². The molecule has 8 nitrogen and oxygen atoms in total. The Bertz CT molecular complexity index is 699. The van der Waals surface area contributed by atoms with Gasteiger partial charge in [0.05, 0.1) is 6.54 Å². The zero-order valence-corrected chi connectivity index (χ0v) is 13.7. The molecule has 1 aliphatic rings. The number of anilines is 2. The Morgan fingerprint density at radius 2 is 1.92 bits per heavy atom. The van der Waals surface area contributed by atoms with Crippen LogP contribution in [0.4, 0.5) is 24.1 Å². The quantitative estimate of drug-likeness (QED) is 0.859. The number of hydrogen-bond donors (Lipinski definition) is 1. The van der Waals surface area contributed by atoms with Gasteiger partial charge in [-0.2, -0.15) is 13.2 Å². The van der Waals surface area contributed by atoms with Crippen molar-refractivity contribution in [2.75, 3.05) is 42.9 Å². The van der Waals surface area contributed by atoms with Crippen LogP contribution in [0.3, 0.4) is 0 Å². The van der Waals surface area contributed by atoms with Crippen molar-refractivity contribution in [2.24, 2.45) is 0 Å². The number of alkyl halides is 3. The lowest BCUT2D eigenvalue weighted by Gasteiger charge is -2.34. The van der Waals surface area contributed by atoms with Crippen LogP contribution in [0.5, 0.6) is 0 Å². The van der Waals surface area contributed by atoms with Crippen LogP contribution in [0.15, 0.2) is 17.6 Å². The molecule has 134 valence electrons. The van der Waals surface area contributed by atoms with Crippen LogP contribution in [0.25, 0.3) is 0 Å². The largest absolute Gasteiger partial charge is 0.435 e. The molecule has 1 aliphatic heterocycles. The van der Waals surface area contributed by atoms with E-state index in [0.717, 1.165) is 6.07 Å². The predicted octanol–water partition coefficient (Wildman–Crippen LogP) is 1.11. The molecule has 0 unspecified atom stereocenters. The second kappa shape index (κ2) is 7.27. The van der Waals surface area contributed by atoms with Gasteiger partial charge in [-0.3, -0.25) is 15.0 Å². The monoisotopic (exact) mass is 373 g/mol. The number of rotatable bonds is 4. The van der Waals surface area contributed by atoms with Gasteiger partial charge in [0.1, 0.15) is 5.51 Å². The smallest absolute Gasteiger partial charge is 0.353 e. The molecule has 0 spiro atoms. The minimum absolute atomic E-state index is 0.181. The molecule has 25 heavy (non-hydrogen) atoms. The van der Waals surface area contributed by atoms with Crippen LogP contribution in [0.1, 0.15) is 5.69 Å². The highest BCUT2D eigenvalue weighted by molar-refractivity contribution is 7.13. The fourth-order valence-corrected chi connectivity index (χ4v) is 2.83. The van der Waals surface area contributed by atoms with E-state index in [1.165, 1.54) is 22.9 Å². The van der Waals surface area contributed by atoms with E-state index in [9.17, 15) is 18.0 Å². The molecule has 3 heterocycles. The van der Waals surface area contributed by atoms with E-state index < -0.39 is 11.9 Å². The molecule has 1 saturated heterocycles. The summed E-state index contributed by atoms with van der Waals surface area (Å²) in [6.07, 6.45) is -4.50. The first-order valence-electron chi connectivity index (χ1n) is 7.36. The summed E-state index contributed by atoms with van der Waals surface area (Å²) in [5.74, 6) is 0.213. The molecule has 1 amide bonds. The number of nitrogens with one attached hydrogen (secondary N) is 1. The topological polar surface area (TPSA) is 87.1 Å². The third-order valence-electron chi connectivity index (χ3n) is 3.61.